The summed E-state index contributed by atoms with van der Waals surface area (Å²) >= 11 is 12.7. The molecule has 0 saturated heterocycles. The minimum Gasteiger partial charge on any atom is -0.311 e. The van der Waals surface area contributed by atoms with Crippen LogP contribution in [0.25, 0.3) is 22.3 Å². The molecule has 0 atom stereocenters. The largest absolute Gasteiger partial charge is 0.311 e. The first-order valence-corrected chi connectivity index (χ1v) is 15.9. The Kier molecular flexibility index (Phi) is 8.56. The molecule has 46 heavy (non-hydrogen) atoms. The standard InChI is InChI=1S/C42H30Cl2N2/c43-35-9-7-15-41(29-35)46(42-16-8-10-36(44)30-42)40-27-23-34(24-28-40)32-19-17-31(18-20-32)33-21-25-39(26-22-33)45(37-11-3-1-4-12-37)38-13-5-2-6-14-38/h1-30H. The summed E-state index contributed by atoms with van der Waals surface area (Å²) in [5.74, 6) is 0. The van der Waals surface area contributed by atoms with E-state index in [-0.39, 0.29) is 0 Å². The highest BCUT2D eigenvalue weighted by Crippen LogP contribution is 2.38. The van der Waals surface area contributed by atoms with Gasteiger partial charge < -0.3 is 9.80 Å². The van der Waals surface area contributed by atoms with Crippen molar-refractivity contribution in [2.24, 2.45) is 0 Å². The number of para-hydroxylation sites is 2. The van der Waals surface area contributed by atoms with Gasteiger partial charge in [0.15, 0.2) is 0 Å². The average molecular weight is 634 g/mol. The molecule has 0 spiro atoms. The van der Waals surface area contributed by atoms with Crippen LogP contribution in [0.1, 0.15) is 0 Å². The fourth-order valence-corrected chi connectivity index (χ4v) is 6.11. The molecule has 7 aromatic carbocycles. The van der Waals surface area contributed by atoms with Gasteiger partial charge in [0.1, 0.15) is 0 Å². The van der Waals surface area contributed by atoms with Crippen LogP contribution in [0.2, 0.25) is 10.0 Å². The van der Waals surface area contributed by atoms with Crippen LogP contribution in [0.5, 0.6) is 0 Å². The van der Waals surface area contributed by atoms with Crippen LogP contribution in [-0.4, -0.2) is 0 Å². The molecule has 0 heterocycles. The van der Waals surface area contributed by atoms with Crippen molar-refractivity contribution < 1.29 is 0 Å². The molecule has 0 radical (unpaired) electrons. The molecule has 7 rings (SSSR count). The topological polar surface area (TPSA) is 6.48 Å². The van der Waals surface area contributed by atoms with E-state index in [1.165, 1.54) is 11.1 Å². The lowest BCUT2D eigenvalue weighted by molar-refractivity contribution is 1.28. The molecule has 222 valence electrons. The normalized spacial score (nSPS) is 10.8. The summed E-state index contributed by atoms with van der Waals surface area (Å²) in [7, 11) is 0. The van der Waals surface area contributed by atoms with Gasteiger partial charge in [-0.05, 0) is 107 Å². The summed E-state index contributed by atoms with van der Waals surface area (Å²) < 4.78 is 0. The number of nitrogens with zero attached hydrogens (tertiary/aromatic N) is 2. The molecule has 4 heteroatoms. The number of rotatable bonds is 8. The molecular weight excluding hydrogens is 603 g/mol. The molecule has 0 fully saturated rings. The summed E-state index contributed by atoms with van der Waals surface area (Å²) in [4.78, 5) is 4.43. The van der Waals surface area contributed by atoms with Crippen molar-refractivity contribution in [1.82, 2.24) is 0 Å². The molecule has 0 aliphatic rings. The van der Waals surface area contributed by atoms with E-state index in [0.717, 1.165) is 45.3 Å². The lowest BCUT2D eigenvalue weighted by Crippen LogP contribution is -2.09. The number of hydrogen-bond donors (Lipinski definition) is 0. The highest BCUT2D eigenvalue weighted by atomic mass is 35.5. The SMILES string of the molecule is Clc1cccc(N(c2ccc(-c3ccc(-c4ccc(N(c5ccccc5)c5ccccc5)cc4)cc3)cc2)c2cccc(Cl)c2)c1. The van der Waals surface area contributed by atoms with Crippen LogP contribution in [0.15, 0.2) is 182 Å². The summed E-state index contributed by atoms with van der Waals surface area (Å²) in [6.45, 7) is 0. The fourth-order valence-electron chi connectivity index (χ4n) is 5.74. The summed E-state index contributed by atoms with van der Waals surface area (Å²) in [5.41, 5.74) is 11.0. The van der Waals surface area contributed by atoms with Crippen molar-refractivity contribution in [1.29, 1.82) is 0 Å². The predicted octanol–water partition coefficient (Wildman–Crippen LogP) is 13.3. The van der Waals surface area contributed by atoms with Crippen molar-refractivity contribution in [2.45, 2.75) is 0 Å². The third-order valence-electron chi connectivity index (χ3n) is 7.96. The van der Waals surface area contributed by atoms with Crippen LogP contribution < -0.4 is 9.80 Å². The number of anilines is 6. The van der Waals surface area contributed by atoms with E-state index in [9.17, 15) is 0 Å². The summed E-state index contributed by atoms with van der Waals surface area (Å²) in [5, 5.41) is 1.36. The first-order valence-electron chi connectivity index (χ1n) is 15.1. The van der Waals surface area contributed by atoms with Gasteiger partial charge in [0, 0.05) is 44.2 Å². The van der Waals surface area contributed by atoms with Gasteiger partial charge in [-0.25, -0.2) is 0 Å². The Morgan fingerprint density at radius 2 is 0.543 bits per heavy atom. The fraction of sp³-hybridized carbons (Fsp3) is 0. The highest BCUT2D eigenvalue weighted by Gasteiger charge is 2.14. The molecule has 0 saturated carbocycles. The highest BCUT2D eigenvalue weighted by molar-refractivity contribution is 6.31. The quantitative estimate of drug-likeness (QED) is 0.164. The van der Waals surface area contributed by atoms with E-state index in [1.54, 1.807) is 0 Å². The zero-order valence-electron chi connectivity index (χ0n) is 25.0. The van der Waals surface area contributed by atoms with E-state index < -0.39 is 0 Å². The maximum atomic E-state index is 6.37. The van der Waals surface area contributed by atoms with Gasteiger partial charge in [0.2, 0.25) is 0 Å². The van der Waals surface area contributed by atoms with Crippen molar-refractivity contribution >= 4 is 57.3 Å². The number of halogens is 2. The Labute approximate surface area is 280 Å². The van der Waals surface area contributed by atoms with Gasteiger partial charge in [0.05, 0.1) is 0 Å². The van der Waals surface area contributed by atoms with Gasteiger partial charge >= 0.3 is 0 Å². The second-order valence-corrected chi connectivity index (χ2v) is 11.8. The second kappa shape index (κ2) is 13.4. The molecule has 0 aliphatic carbocycles. The Morgan fingerprint density at radius 3 is 0.891 bits per heavy atom. The molecular formula is C42H30Cl2N2. The molecule has 0 aliphatic heterocycles. The van der Waals surface area contributed by atoms with Crippen molar-refractivity contribution in [2.75, 3.05) is 9.80 Å². The minimum absolute atomic E-state index is 0.681. The monoisotopic (exact) mass is 632 g/mol. The van der Waals surface area contributed by atoms with Gasteiger partial charge in [-0.3, -0.25) is 0 Å². The third-order valence-corrected chi connectivity index (χ3v) is 8.43. The van der Waals surface area contributed by atoms with E-state index in [0.29, 0.717) is 10.0 Å². The van der Waals surface area contributed by atoms with Crippen molar-refractivity contribution in [3.05, 3.63) is 192 Å². The first kappa shape index (κ1) is 29.4. The van der Waals surface area contributed by atoms with E-state index in [1.807, 2.05) is 60.7 Å². The molecule has 0 aromatic heterocycles. The Balaban J connectivity index is 1.13. The van der Waals surface area contributed by atoms with E-state index >= 15 is 0 Å². The first-order chi connectivity index (χ1) is 22.6. The Morgan fingerprint density at radius 1 is 0.261 bits per heavy atom. The molecule has 0 N–H and O–H groups in total. The van der Waals surface area contributed by atoms with Gasteiger partial charge in [0.25, 0.3) is 0 Å². The molecule has 2 nitrogen and oxygen atoms in total. The maximum Gasteiger partial charge on any atom is 0.0476 e. The molecule has 0 unspecified atom stereocenters. The lowest BCUT2D eigenvalue weighted by Gasteiger charge is -2.26. The number of benzene rings is 7. The van der Waals surface area contributed by atoms with E-state index in [4.69, 9.17) is 23.2 Å². The zero-order valence-corrected chi connectivity index (χ0v) is 26.5. The van der Waals surface area contributed by atoms with E-state index in [2.05, 4.69) is 131 Å². The van der Waals surface area contributed by atoms with Crippen molar-refractivity contribution in [3.8, 4) is 22.3 Å². The predicted molar refractivity (Wildman–Crippen MR) is 197 cm³/mol. The van der Waals surface area contributed by atoms with Gasteiger partial charge in [-0.1, -0.05) is 120 Å². The summed E-state index contributed by atoms with van der Waals surface area (Å²) in [6, 6.07) is 62.7. The molecule has 7 aromatic rings. The van der Waals surface area contributed by atoms with Crippen LogP contribution in [0, 0.1) is 0 Å². The molecule has 0 bridgehead atoms. The minimum atomic E-state index is 0.681. The smallest absolute Gasteiger partial charge is 0.0476 e. The Bertz CT molecular complexity index is 1960. The van der Waals surface area contributed by atoms with Crippen LogP contribution in [0.4, 0.5) is 34.1 Å². The zero-order chi connectivity index (χ0) is 31.3. The molecule has 0 amide bonds. The summed E-state index contributed by atoms with van der Waals surface area (Å²) in [6.07, 6.45) is 0. The average Bonchev–Trinajstić information content (AvgIpc) is 3.10. The lowest BCUT2D eigenvalue weighted by atomic mass is 9.99. The van der Waals surface area contributed by atoms with Gasteiger partial charge in [-0.15, -0.1) is 0 Å². The van der Waals surface area contributed by atoms with Crippen LogP contribution in [-0.2, 0) is 0 Å². The maximum absolute atomic E-state index is 6.37. The van der Waals surface area contributed by atoms with Crippen molar-refractivity contribution in [3.63, 3.8) is 0 Å². The van der Waals surface area contributed by atoms with Crippen LogP contribution >= 0.6 is 23.2 Å². The second-order valence-electron chi connectivity index (χ2n) is 11.0. The number of hydrogen-bond acceptors (Lipinski definition) is 2. The third kappa shape index (κ3) is 6.41. The van der Waals surface area contributed by atoms with Crippen LogP contribution in [0.3, 0.4) is 0 Å². The Hall–Kier alpha value is -5.28. The van der Waals surface area contributed by atoms with Gasteiger partial charge in [-0.2, -0.15) is 0 Å².